The summed E-state index contributed by atoms with van der Waals surface area (Å²) in [6, 6.07) is 7.57. The third-order valence-electron chi connectivity index (χ3n) is 3.81. The van der Waals surface area contributed by atoms with Crippen LogP contribution in [0.4, 0.5) is 0 Å². The van der Waals surface area contributed by atoms with Gasteiger partial charge in [0.25, 0.3) is 0 Å². The monoisotopic (exact) mass is 246 g/mol. The van der Waals surface area contributed by atoms with Crippen molar-refractivity contribution in [3.63, 3.8) is 0 Å². The minimum Gasteiger partial charge on any atom is -0.481 e. The molecular weight excluding hydrogens is 228 g/mol. The zero-order chi connectivity index (χ0) is 13.1. The Morgan fingerprint density at radius 1 is 1.28 bits per heavy atom. The summed E-state index contributed by atoms with van der Waals surface area (Å²) >= 11 is 0. The van der Waals surface area contributed by atoms with E-state index in [1.165, 1.54) is 0 Å². The highest BCUT2D eigenvalue weighted by molar-refractivity contribution is 5.97. The lowest BCUT2D eigenvalue weighted by Gasteiger charge is -2.10. The first kappa shape index (κ1) is 12.8. The van der Waals surface area contributed by atoms with E-state index in [1.54, 1.807) is 0 Å². The number of aryl methyl sites for hydroxylation is 1. The average Bonchev–Trinajstić information content (AvgIpc) is 2.78. The maximum absolute atomic E-state index is 12.2. The molecule has 0 aliphatic heterocycles. The van der Waals surface area contributed by atoms with Crippen LogP contribution in [0.25, 0.3) is 0 Å². The maximum Gasteiger partial charge on any atom is 0.306 e. The summed E-state index contributed by atoms with van der Waals surface area (Å²) < 4.78 is 0. The fourth-order valence-corrected chi connectivity index (χ4v) is 2.74. The molecule has 0 aromatic heterocycles. The fourth-order valence-electron chi connectivity index (χ4n) is 2.74. The quantitative estimate of drug-likeness (QED) is 0.831. The minimum atomic E-state index is -0.721. The van der Waals surface area contributed by atoms with Gasteiger partial charge >= 0.3 is 5.97 Å². The van der Waals surface area contributed by atoms with Crippen LogP contribution in [-0.4, -0.2) is 16.9 Å². The topological polar surface area (TPSA) is 54.4 Å². The van der Waals surface area contributed by atoms with Gasteiger partial charge < -0.3 is 5.11 Å². The molecule has 1 saturated carbocycles. The first-order valence-corrected chi connectivity index (χ1v) is 6.39. The van der Waals surface area contributed by atoms with Crippen LogP contribution in [-0.2, 0) is 4.79 Å². The Kier molecular flexibility index (Phi) is 3.80. The van der Waals surface area contributed by atoms with E-state index >= 15 is 0 Å². The van der Waals surface area contributed by atoms with Crippen molar-refractivity contribution in [2.24, 2.45) is 11.8 Å². The first-order valence-electron chi connectivity index (χ1n) is 6.39. The van der Waals surface area contributed by atoms with Crippen molar-refractivity contribution in [2.75, 3.05) is 0 Å². The molecule has 0 radical (unpaired) electrons. The summed E-state index contributed by atoms with van der Waals surface area (Å²) in [6.45, 7) is 1.93. The number of hydrogen-bond donors (Lipinski definition) is 1. The normalized spacial score (nSPS) is 22.9. The van der Waals surface area contributed by atoms with E-state index in [9.17, 15) is 9.59 Å². The second-order valence-corrected chi connectivity index (χ2v) is 5.16. The second kappa shape index (κ2) is 5.34. The Hall–Kier alpha value is -1.64. The molecule has 0 saturated heterocycles. The fraction of sp³-hybridized carbons (Fsp3) is 0.467. The molecule has 2 atom stereocenters. The Labute approximate surface area is 107 Å². The van der Waals surface area contributed by atoms with Crippen molar-refractivity contribution in [2.45, 2.75) is 32.6 Å². The highest BCUT2D eigenvalue weighted by Gasteiger charge is 2.31. The van der Waals surface area contributed by atoms with Gasteiger partial charge in [-0.15, -0.1) is 0 Å². The van der Waals surface area contributed by atoms with Gasteiger partial charge in [-0.25, -0.2) is 0 Å². The molecule has 2 rings (SSSR count). The van der Waals surface area contributed by atoms with Crippen LogP contribution in [0.5, 0.6) is 0 Å². The largest absolute Gasteiger partial charge is 0.481 e. The molecule has 1 aromatic rings. The zero-order valence-corrected chi connectivity index (χ0v) is 10.6. The Morgan fingerprint density at radius 2 is 2.00 bits per heavy atom. The standard InChI is InChI=1S/C15H18O3/c1-10-4-2-3-5-13(10)14(16)9-11-6-7-12(8-11)15(17)18/h2-5,11-12H,6-9H2,1H3,(H,17,18)/t11-,12+/m1/s1. The second-order valence-electron chi connectivity index (χ2n) is 5.16. The van der Waals surface area contributed by atoms with Crippen LogP contribution in [0.2, 0.25) is 0 Å². The Morgan fingerprint density at radius 3 is 2.61 bits per heavy atom. The molecule has 18 heavy (non-hydrogen) atoms. The van der Waals surface area contributed by atoms with Gasteiger partial charge in [0.2, 0.25) is 0 Å². The number of hydrogen-bond acceptors (Lipinski definition) is 2. The van der Waals surface area contributed by atoms with Crippen LogP contribution in [0, 0.1) is 18.8 Å². The van der Waals surface area contributed by atoms with Gasteiger partial charge in [-0.1, -0.05) is 24.3 Å². The number of carboxylic acid groups (broad SMARTS) is 1. The lowest BCUT2D eigenvalue weighted by atomic mass is 9.94. The molecule has 0 heterocycles. The number of carboxylic acids is 1. The third-order valence-corrected chi connectivity index (χ3v) is 3.81. The van der Waals surface area contributed by atoms with E-state index < -0.39 is 5.97 Å². The number of carbonyl (C=O) groups excluding carboxylic acids is 1. The molecule has 0 amide bonds. The van der Waals surface area contributed by atoms with Gasteiger partial charge in [0.1, 0.15) is 0 Å². The summed E-state index contributed by atoms with van der Waals surface area (Å²) in [5, 5.41) is 8.94. The maximum atomic E-state index is 12.2. The third kappa shape index (κ3) is 2.78. The molecule has 1 N–H and O–H groups in total. The average molecular weight is 246 g/mol. The molecule has 1 aliphatic rings. The summed E-state index contributed by atoms with van der Waals surface area (Å²) in [4.78, 5) is 23.0. The predicted molar refractivity (Wildman–Crippen MR) is 68.6 cm³/mol. The molecule has 0 spiro atoms. The molecule has 0 unspecified atom stereocenters. The van der Waals surface area contributed by atoms with Crippen molar-refractivity contribution in [1.29, 1.82) is 0 Å². The van der Waals surface area contributed by atoms with E-state index in [0.717, 1.165) is 17.5 Å². The van der Waals surface area contributed by atoms with Crippen LogP contribution in [0.1, 0.15) is 41.6 Å². The number of carbonyl (C=O) groups is 2. The van der Waals surface area contributed by atoms with E-state index in [4.69, 9.17) is 5.11 Å². The van der Waals surface area contributed by atoms with Crippen molar-refractivity contribution in [1.82, 2.24) is 0 Å². The number of ketones is 1. The number of rotatable bonds is 4. The Balaban J connectivity index is 1.97. The minimum absolute atomic E-state index is 0.143. The molecule has 1 fully saturated rings. The highest BCUT2D eigenvalue weighted by atomic mass is 16.4. The van der Waals surface area contributed by atoms with Crippen LogP contribution in [0.3, 0.4) is 0 Å². The molecule has 3 heteroatoms. The van der Waals surface area contributed by atoms with E-state index in [1.807, 2.05) is 31.2 Å². The molecule has 96 valence electrons. The molecule has 1 aliphatic carbocycles. The lowest BCUT2D eigenvalue weighted by Crippen LogP contribution is -2.11. The van der Waals surface area contributed by atoms with Crippen molar-refractivity contribution in [3.05, 3.63) is 35.4 Å². The summed E-state index contributed by atoms with van der Waals surface area (Å²) in [5.74, 6) is -0.595. The predicted octanol–water partition coefficient (Wildman–Crippen LogP) is 3.07. The van der Waals surface area contributed by atoms with Gasteiger partial charge in [0.05, 0.1) is 5.92 Å². The van der Waals surface area contributed by atoms with Crippen molar-refractivity contribution >= 4 is 11.8 Å². The van der Waals surface area contributed by atoms with Gasteiger partial charge in [0.15, 0.2) is 5.78 Å². The summed E-state index contributed by atoms with van der Waals surface area (Å²) in [5.41, 5.74) is 1.77. The lowest BCUT2D eigenvalue weighted by molar-refractivity contribution is -0.141. The van der Waals surface area contributed by atoms with Crippen LogP contribution >= 0.6 is 0 Å². The molecular formula is C15H18O3. The van der Waals surface area contributed by atoms with Crippen LogP contribution < -0.4 is 0 Å². The summed E-state index contributed by atoms with van der Waals surface area (Å²) in [6.07, 6.45) is 2.69. The van der Waals surface area contributed by atoms with Gasteiger partial charge in [0, 0.05) is 12.0 Å². The highest BCUT2D eigenvalue weighted by Crippen LogP contribution is 2.34. The first-order chi connectivity index (χ1) is 8.58. The van der Waals surface area contributed by atoms with Crippen molar-refractivity contribution in [3.8, 4) is 0 Å². The SMILES string of the molecule is Cc1ccccc1C(=O)C[C@@H]1CC[C@H](C(=O)O)C1. The number of benzene rings is 1. The van der Waals surface area contributed by atoms with Gasteiger partial charge in [-0.05, 0) is 37.7 Å². The summed E-state index contributed by atoms with van der Waals surface area (Å²) in [7, 11) is 0. The molecule has 0 bridgehead atoms. The van der Waals surface area contributed by atoms with E-state index in [2.05, 4.69) is 0 Å². The van der Waals surface area contributed by atoms with Crippen molar-refractivity contribution < 1.29 is 14.7 Å². The van der Waals surface area contributed by atoms with Crippen LogP contribution in [0.15, 0.2) is 24.3 Å². The molecule has 3 nitrogen and oxygen atoms in total. The Bertz CT molecular complexity index is 465. The number of aliphatic carboxylic acids is 1. The smallest absolute Gasteiger partial charge is 0.306 e. The van der Waals surface area contributed by atoms with Gasteiger partial charge in [-0.3, -0.25) is 9.59 Å². The number of Topliss-reactive ketones (excluding diaryl/α,β-unsaturated/α-hetero) is 1. The van der Waals surface area contributed by atoms with Gasteiger partial charge in [-0.2, -0.15) is 0 Å². The van der Waals surface area contributed by atoms with E-state index in [-0.39, 0.29) is 17.6 Å². The van der Waals surface area contributed by atoms with E-state index in [0.29, 0.717) is 19.3 Å². The molecule has 1 aromatic carbocycles. The zero-order valence-electron chi connectivity index (χ0n) is 10.6.